The van der Waals surface area contributed by atoms with Gasteiger partial charge in [-0.05, 0) is 78.9 Å². The van der Waals surface area contributed by atoms with E-state index in [0.29, 0.717) is 18.9 Å². The first-order valence-electron chi connectivity index (χ1n) is 11.7. The molecule has 3 aromatic carbocycles. The first-order chi connectivity index (χ1) is 17.2. The van der Waals surface area contributed by atoms with Crippen molar-refractivity contribution in [3.8, 4) is 22.6 Å². The average molecular weight is 474 g/mol. The van der Waals surface area contributed by atoms with Crippen LogP contribution in [0.2, 0.25) is 0 Å². The minimum absolute atomic E-state index is 0.0990. The minimum Gasteiger partial charge on any atom is -0.491 e. The molecule has 8 nitrogen and oxygen atoms in total. The van der Waals surface area contributed by atoms with Crippen LogP contribution in [0.5, 0.6) is 5.75 Å². The zero-order valence-corrected chi connectivity index (χ0v) is 19.2. The molecule has 35 heavy (non-hydrogen) atoms. The maximum absolute atomic E-state index is 10.8. The Morgan fingerprint density at radius 2 is 1.83 bits per heavy atom. The molecule has 1 fully saturated rings. The number of aromatic nitrogens is 2. The number of nitrogens with zero attached hydrogens (tertiary/aromatic N) is 2. The van der Waals surface area contributed by atoms with Gasteiger partial charge in [0.2, 0.25) is 0 Å². The Balaban J connectivity index is 1.22. The third-order valence-electron chi connectivity index (χ3n) is 5.93. The zero-order valence-electron chi connectivity index (χ0n) is 19.2. The second-order valence-corrected chi connectivity index (χ2v) is 8.33. The number of anilines is 1. The van der Waals surface area contributed by atoms with Crippen molar-refractivity contribution in [3.63, 3.8) is 0 Å². The van der Waals surface area contributed by atoms with Crippen LogP contribution in [0.15, 0.2) is 73.1 Å². The molecule has 1 aliphatic rings. The number of nitrogens with one attached hydrogen (secondary N) is 1. The molecule has 1 saturated heterocycles. The summed E-state index contributed by atoms with van der Waals surface area (Å²) < 4.78 is 19.1. The van der Waals surface area contributed by atoms with E-state index < -0.39 is 6.09 Å². The molecule has 1 unspecified atom stereocenters. The molecular formula is C27H27N3O5. The summed E-state index contributed by atoms with van der Waals surface area (Å²) >= 11 is 0. The molecule has 180 valence electrons. The van der Waals surface area contributed by atoms with Crippen molar-refractivity contribution >= 4 is 22.8 Å². The summed E-state index contributed by atoms with van der Waals surface area (Å²) in [5.74, 6) is 0.787. The maximum atomic E-state index is 10.8. The van der Waals surface area contributed by atoms with E-state index in [9.17, 15) is 4.79 Å². The van der Waals surface area contributed by atoms with Gasteiger partial charge in [-0.25, -0.2) is 9.78 Å². The predicted molar refractivity (Wildman–Crippen MR) is 133 cm³/mol. The van der Waals surface area contributed by atoms with Gasteiger partial charge in [0.25, 0.3) is 0 Å². The van der Waals surface area contributed by atoms with Gasteiger partial charge in [-0.3, -0.25) is 9.88 Å². The largest absolute Gasteiger partial charge is 0.491 e. The van der Waals surface area contributed by atoms with Gasteiger partial charge >= 0.3 is 6.09 Å². The third kappa shape index (κ3) is 5.62. The van der Waals surface area contributed by atoms with Gasteiger partial charge in [0.1, 0.15) is 18.7 Å². The minimum atomic E-state index is -1.08. The Labute approximate surface area is 203 Å². The Morgan fingerprint density at radius 1 is 1.03 bits per heavy atom. The molecule has 1 amide bonds. The lowest BCUT2D eigenvalue weighted by atomic mass is 10.0. The fourth-order valence-electron chi connectivity index (χ4n) is 4.15. The molecule has 0 spiro atoms. The van der Waals surface area contributed by atoms with Crippen molar-refractivity contribution in [2.45, 2.75) is 25.6 Å². The smallest absolute Gasteiger partial charge is 0.409 e. The van der Waals surface area contributed by atoms with Crippen molar-refractivity contribution in [2.24, 2.45) is 0 Å². The van der Waals surface area contributed by atoms with Gasteiger partial charge in [-0.2, -0.15) is 0 Å². The number of ether oxygens (including phenoxy) is 3. The number of carbonyl (C=O) groups is 1. The lowest BCUT2D eigenvalue weighted by molar-refractivity contribution is -0.165. The second-order valence-electron chi connectivity index (χ2n) is 8.33. The lowest BCUT2D eigenvalue weighted by Crippen LogP contribution is -2.24. The van der Waals surface area contributed by atoms with Crippen molar-refractivity contribution in [3.05, 3.63) is 73.1 Å². The van der Waals surface area contributed by atoms with Crippen LogP contribution >= 0.6 is 0 Å². The molecule has 1 aliphatic heterocycles. The number of benzene rings is 3. The Morgan fingerprint density at radius 3 is 2.57 bits per heavy atom. The SMILES string of the molecule is O=C(O)Nc1ccc(-c2ccc3c(c2)ncn3-c2ccc(OCCOC3CCCCO3)cc2)cc1. The number of imidazole rings is 1. The van der Waals surface area contributed by atoms with E-state index in [-0.39, 0.29) is 6.29 Å². The molecule has 0 bridgehead atoms. The average Bonchev–Trinajstić information content (AvgIpc) is 3.31. The van der Waals surface area contributed by atoms with Crippen molar-refractivity contribution in [1.29, 1.82) is 0 Å². The van der Waals surface area contributed by atoms with E-state index in [1.807, 2.05) is 65.5 Å². The summed E-state index contributed by atoms with van der Waals surface area (Å²) in [4.78, 5) is 15.4. The van der Waals surface area contributed by atoms with Crippen LogP contribution < -0.4 is 10.1 Å². The molecular weight excluding hydrogens is 446 g/mol. The van der Waals surface area contributed by atoms with Gasteiger partial charge in [0.05, 0.1) is 17.6 Å². The Hall–Kier alpha value is -3.88. The first-order valence-corrected chi connectivity index (χ1v) is 11.7. The van der Waals surface area contributed by atoms with Crippen LogP contribution in [-0.2, 0) is 9.47 Å². The van der Waals surface area contributed by atoms with E-state index >= 15 is 0 Å². The highest BCUT2D eigenvalue weighted by Gasteiger charge is 2.13. The Kier molecular flexibility index (Phi) is 6.92. The van der Waals surface area contributed by atoms with Crippen molar-refractivity contribution in [1.82, 2.24) is 9.55 Å². The summed E-state index contributed by atoms with van der Waals surface area (Å²) in [6, 6.07) is 21.2. The number of rotatable bonds is 8. The first kappa shape index (κ1) is 22.9. The molecule has 1 atom stereocenters. The fraction of sp³-hybridized carbons (Fsp3) is 0.259. The van der Waals surface area contributed by atoms with Crippen LogP contribution in [0, 0.1) is 0 Å². The van der Waals surface area contributed by atoms with Crippen molar-refractivity contribution < 1.29 is 24.1 Å². The third-order valence-corrected chi connectivity index (χ3v) is 5.93. The molecule has 8 heteroatoms. The number of hydrogen-bond donors (Lipinski definition) is 2. The molecule has 1 aromatic heterocycles. The molecule has 0 saturated carbocycles. The van der Waals surface area contributed by atoms with Gasteiger partial charge in [0.15, 0.2) is 6.29 Å². The summed E-state index contributed by atoms with van der Waals surface area (Å²) in [5.41, 5.74) is 5.38. The van der Waals surface area contributed by atoms with Gasteiger partial charge in [-0.1, -0.05) is 18.2 Å². The van der Waals surface area contributed by atoms with Crippen LogP contribution in [-0.4, -0.2) is 46.9 Å². The second kappa shape index (κ2) is 10.6. The molecule has 2 N–H and O–H groups in total. The van der Waals surface area contributed by atoms with E-state index in [2.05, 4.69) is 10.3 Å². The van der Waals surface area contributed by atoms with E-state index in [4.69, 9.17) is 19.3 Å². The van der Waals surface area contributed by atoms with Crippen LogP contribution in [0.3, 0.4) is 0 Å². The normalized spacial score (nSPS) is 15.7. The summed E-state index contributed by atoms with van der Waals surface area (Å²) in [7, 11) is 0. The van der Waals surface area contributed by atoms with E-state index in [1.165, 1.54) is 0 Å². The Bertz CT molecular complexity index is 1280. The maximum Gasteiger partial charge on any atom is 0.409 e. The number of carboxylic acid groups (broad SMARTS) is 1. The molecule has 4 aromatic rings. The van der Waals surface area contributed by atoms with Crippen LogP contribution in [0.1, 0.15) is 19.3 Å². The molecule has 5 rings (SSSR count). The van der Waals surface area contributed by atoms with Crippen LogP contribution in [0.25, 0.3) is 27.8 Å². The monoisotopic (exact) mass is 473 g/mol. The van der Waals surface area contributed by atoms with Crippen molar-refractivity contribution in [2.75, 3.05) is 25.1 Å². The lowest BCUT2D eigenvalue weighted by Gasteiger charge is -2.22. The molecule has 2 heterocycles. The number of hydrogen-bond acceptors (Lipinski definition) is 5. The zero-order chi connectivity index (χ0) is 24.0. The van der Waals surface area contributed by atoms with Gasteiger partial charge in [0, 0.05) is 18.0 Å². The number of amides is 1. The predicted octanol–water partition coefficient (Wildman–Crippen LogP) is 5.70. The molecule has 0 aliphatic carbocycles. The van der Waals surface area contributed by atoms with E-state index in [1.54, 1.807) is 12.1 Å². The quantitative estimate of drug-likeness (QED) is 0.319. The summed E-state index contributed by atoms with van der Waals surface area (Å²) in [6.45, 7) is 1.75. The highest BCUT2D eigenvalue weighted by atomic mass is 16.7. The highest BCUT2D eigenvalue weighted by molar-refractivity contribution is 5.85. The molecule has 0 radical (unpaired) electrons. The van der Waals surface area contributed by atoms with Gasteiger partial charge in [-0.15, -0.1) is 0 Å². The fourth-order valence-corrected chi connectivity index (χ4v) is 4.15. The summed E-state index contributed by atoms with van der Waals surface area (Å²) in [6.07, 6.45) is 3.84. The topological polar surface area (TPSA) is 94.8 Å². The van der Waals surface area contributed by atoms with Crippen LogP contribution in [0.4, 0.5) is 10.5 Å². The van der Waals surface area contributed by atoms with E-state index in [0.717, 1.165) is 59.5 Å². The summed E-state index contributed by atoms with van der Waals surface area (Å²) in [5, 5.41) is 11.2. The standard InChI is InChI=1S/C27H27N3O5/c31-27(32)29-21-7-4-19(5-8-21)20-6-13-25-24(17-20)28-18-30(25)22-9-11-23(12-10-22)33-15-16-35-26-3-1-2-14-34-26/h4-13,17-18,26,29H,1-3,14-16H2,(H,31,32). The number of fused-ring (bicyclic) bond motifs is 1. The highest BCUT2D eigenvalue weighted by Crippen LogP contribution is 2.27. The van der Waals surface area contributed by atoms with Gasteiger partial charge < -0.3 is 19.3 Å².